The van der Waals surface area contributed by atoms with Gasteiger partial charge in [-0.25, -0.2) is 4.79 Å². The number of hydrogen-bond donors (Lipinski definition) is 2. The molecule has 1 aromatic heterocycles. The monoisotopic (exact) mass is 459 g/mol. The summed E-state index contributed by atoms with van der Waals surface area (Å²) in [6.07, 6.45) is -6.08. The Morgan fingerprint density at radius 3 is 2.52 bits per heavy atom. The van der Waals surface area contributed by atoms with Crippen molar-refractivity contribution < 1.29 is 31.1 Å². The van der Waals surface area contributed by atoms with Gasteiger partial charge in [0.15, 0.2) is 0 Å². The molecule has 0 aliphatic carbocycles. The van der Waals surface area contributed by atoms with Crippen LogP contribution in [0.2, 0.25) is 0 Å². The Balaban J connectivity index is 1.74. The Bertz CT molecular complexity index is 1080. The molecule has 0 saturated carbocycles. The molecule has 31 heavy (non-hydrogen) atoms. The van der Waals surface area contributed by atoms with Crippen molar-refractivity contribution in [1.82, 2.24) is 10.3 Å². The second kappa shape index (κ2) is 9.04. The van der Waals surface area contributed by atoms with E-state index in [9.17, 15) is 31.1 Å². The SMILES string of the molecule is O=C(NCc1ccc(C(F)(F)F)cc1SCC(F)(F)F)Nc1cccc2cnccc12. The molecular weight excluding hydrogens is 444 g/mol. The average Bonchev–Trinajstić information content (AvgIpc) is 2.70. The zero-order valence-electron chi connectivity index (χ0n) is 15.6. The fraction of sp³-hybridized carbons (Fsp3) is 0.200. The number of carbonyl (C=O) groups excluding carboxylic acids is 1. The van der Waals surface area contributed by atoms with Crippen LogP contribution in [0.25, 0.3) is 10.8 Å². The van der Waals surface area contributed by atoms with E-state index in [2.05, 4.69) is 15.6 Å². The highest BCUT2D eigenvalue weighted by molar-refractivity contribution is 7.99. The third-order valence-corrected chi connectivity index (χ3v) is 5.32. The first kappa shape index (κ1) is 22.7. The predicted octanol–water partition coefficient (Wildman–Crippen LogP) is 6.23. The van der Waals surface area contributed by atoms with Gasteiger partial charge in [-0.05, 0) is 29.8 Å². The number of benzene rings is 2. The minimum absolute atomic E-state index is 0.138. The van der Waals surface area contributed by atoms with Gasteiger partial charge in [-0.1, -0.05) is 18.2 Å². The van der Waals surface area contributed by atoms with Gasteiger partial charge in [-0.2, -0.15) is 26.3 Å². The molecule has 3 rings (SSSR count). The maximum atomic E-state index is 12.9. The van der Waals surface area contributed by atoms with Crippen molar-refractivity contribution in [2.75, 3.05) is 11.1 Å². The standard InChI is InChI=1S/C20H15F6N3OS/c21-19(22,23)11-31-17-8-14(20(24,25)26)5-4-13(17)10-28-18(30)29-16-3-1-2-12-9-27-7-6-15(12)16/h1-9H,10-11H2,(H2,28,29,30). The van der Waals surface area contributed by atoms with Crippen LogP contribution in [0.4, 0.5) is 36.8 Å². The molecule has 0 spiro atoms. The van der Waals surface area contributed by atoms with Crippen molar-refractivity contribution in [3.8, 4) is 0 Å². The summed E-state index contributed by atoms with van der Waals surface area (Å²) in [5.74, 6) is -1.35. The van der Waals surface area contributed by atoms with Crippen molar-refractivity contribution in [2.24, 2.45) is 0 Å². The summed E-state index contributed by atoms with van der Waals surface area (Å²) in [5, 5.41) is 6.60. The molecule has 0 saturated heterocycles. The molecule has 164 valence electrons. The number of aromatic nitrogens is 1. The number of thioether (sulfide) groups is 1. The molecule has 2 amide bonds. The number of alkyl halides is 6. The minimum Gasteiger partial charge on any atom is -0.334 e. The topological polar surface area (TPSA) is 54.0 Å². The van der Waals surface area contributed by atoms with Crippen LogP contribution in [-0.4, -0.2) is 22.9 Å². The Labute approximate surface area is 177 Å². The quantitative estimate of drug-likeness (QED) is 0.351. The maximum Gasteiger partial charge on any atom is 0.416 e. The summed E-state index contributed by atoms with van der Waals surface area (Å²) in [7, 11) is 0. The molecule has 2 aromatic carbocycles. The highest BCUT2D eigenvalue weighted by Gasteiger charge is 2.32. The van der Waals surface area contributed by atoms with Gasteiger partial charge in [0.2, 0.25) is 0 Å². The number of hydrogen-bond acceptors (Lipinski definition) is 3. The number of rotatable bonds is 5. The molecule has 0 bridgehead atoms. The van der Waals surface area contributed by atoms with Gasteiger partial charge in [-0.15, -0.1) is 11.8 Å². The van der Waals surface area contributed by atoms with Crippen LogP contribution in [0.1, 0.15) is 11.1 Å². The number of urea groups is 1. The van der Waals surface area contributed by atoms with E-state index < -0.39 is 29.7 Å². The lowest BCUT2D eigenvalue weighted by molar-refractivity contribution is -0.137. The highest BCUT2D eigenvalue weighted by atomic mass is 32.2. The number of nitrogens with one attached hydrogen (secondary N) is 2. The Kier molecular flexibility index (Phi) is 6.63. The first-order chi connectivity index (χ1) is 14.5. The fourth-order valence-electron chi connectivity index (χ4n) is 2.74. The van der Waals surface area contributed by atoms with Crippen molar-refractivity contribution in [1.29, 1.82) is 0 Å². The van der Waals surface area contributed by atoms with Crippen LogP contribution in [0, 0.1) is 0 Å². The number of anilines is 1. The molecule has 11 heteroatoms. The van der Waals surface area contributed by atoms with Crippen LogP contribution < -0.4 is 10.6 Å². The van der Waals surface area contributed by atoms with Crippen molar-refractivity contribution in [3.63, 3.8) is 0 Å². The van der Waals surface area contributed by atoms with Crippen LogP contribution in [0.15, 0.2) is 59.8 Å². The number of carbonyl (C=O) groups is 1. The lowest BCUT2D eigenvalue weighted by Gasteiger charge is -2.15. The number of halogens is 6. The van der Waals surface area contributed by atoms with Gasteiger partial charge in [0, 0.05) is 34.6 Å². The van der Waals surface area contributed by atoms with E-state index in [1.165, 1.54) is 0 Å². The number of fused-ring (bicyclic) bond motifs is 1. The Morgan fingerprint density at radius 1 is 1.03 bits per heavy atom. The van der Waals surface area contributed by atoms with Gasteiger partial charge in [0.25, 0.3) is 0 Å². The molecule has 0 radical (unpaired) electrons. The molecule has 0 atom stereocenters. The van der Waals surface area contributed by atoms with Gasteiger partial charge < -0.3 is 10.6 Å². The number of pyridine rings is 1. The van der Waals surface area contributed by atoms with E-state index >= 15 is 0 Å². The first-order valence-corrected chi connectivity index (χ1v) is 9.79. The highest BCUT2D eigenvalue weighted by Crippen LogP contribution is 2.35. The third kappa shape index (κ3) is 6.27. The predicted molar refractivity (Wildman–Crippen MR) is 106 cm³/mol. The lowest BCUT2D eigenvalue weighted by atomic mass is 10.1. The maximum absolute atomic E-state index is 12.9. The van der Waals surface area contributed by atoms with E-state index in [0.717, 1.165) is 22.9 Å². The summed E-state index contributed by atoms with van der Waals surface area (Å²) >= 11 is 0.238. The summed E-state index contributed by atoms with van der Waals surface area (Å²) in [4.78, 5) is 16.1. The van der Waals surface area contributed by atoms with Crippen LogP contribution >= 0.6 is 11.8 Å². The fourth-order valence-corrected chi connectivity index (χ4v) is 3.60. The van der Waals surface area contributed by atoms with Crippen LogP contribution in [0.5, 0.6) is 0 Å². The average molecular weight is 459 g/mol. The molecular formula is C20H15F6N3OS. The van der Waals surface area contributed by atoms with E-state index in [4.69, 9.17) is 0 Å². The summed E-state index contributed by atoms with van der Waals surface area (Å²) in [6.45, 7) is -0.253. The largest absolute Gasteiger partial charge is 0.416 e. The van der Waals surface area contributed by atoms with Crippen LogP contribution in [0.3, 0.4) is 0 Å². The van der Waals surface area contributed by atoms with E-state index in [1.807, 2.05) is 0 Å². The smallest absolute Gasteiger partial charge is 0.334 e. The van der Waals surface area contributed by atoms with Gasteiger partial charge in [0.1, 0.15) is 0 Å². The molecule has 0 fully saturated rings. The number of amides is 2. The van der Waals surface area contributed by atoms with Gasteiger partial charge in [-0.3, -0.25) is 4.98 Å². The Hall–Kier alpha value is -2.95. The molecule has 4 nitrogen and oxygen atoms in total. The van der Waals surface area contributed by atoms with E-state index in [-0.39, 0.29) is 28.8 Å². The van der Waals surface area contributed by atoms with Crippen molar-refractivity contribution in [3.05, 3.63) is 66.0 Å². The Morgan fingerprint density at radius 2 is 1.81 bits per heavy atom. The second-order valence-corrected chi connectivity index (χ2v) is 7.45. The minimum atomic E-state index is -4.69. The third-order valence-electron chi connectivity index (χ3n) is 4.15. The molecule has 0 unspecified atom stereocenters. The van der Waals surface area contributed by atoms with Crippen molar-refractivity contribution >= 4 is 34.3 Å². The van der Waals surface area contributed by atoms with Gasteiger partial charge in [0.05, 0.1) is 17.0 Å². The van der Waals surface area contributed by atoms with Crippen molar-refractivity contribution in [2.45, 2.75) is 23.8 Å². The van der Waals surface area contributed by atoms with E-state index in [1.54, 1.807) is 36.7 Å². The normalized spacial score (nSPS) is 12.1. The summed E-state index contributed by atoms with van der Waals surface area (Å²) in [5.41, 5.74) is -0.439. The zero-order valence-corrected chi connectivity index (χ0v) is 16.5. The second-order valence-electron chi connectivity index (χ2n) is 6.43. The number of nitrogens with zero attached hydrogens (tertiary/aromatic N) is 1. The molecule has 0 aliphatic rings. The lowest BCUT2D eigenvalue weighted by Crippen LogP contribution is -2.28. The summed E-state index contributed by atoms with van der Waals surface area (Å²) in [6, 6.07) is 8.70. The first-order valence-electron chi connectivity index (χ1n) is 8.80. The van der Waals surface area contributed by atoms with Crippen LogP contribution in [-0.2, 0) is 12.7 Å². The molecule has 2 N–H and O–H groups in total. The zero-order chi connectivity index (χ0) is 22.6. The van der Waals surface area contributed by atoms with Gasteiger partial charge >= 0.3 is 18.4 Å². The molecule has 3 aromatic rings. The summed E-state index contributed by atoms with van der Waals surface area (Å²) < 4.78 is 76.5. The van der Waals surface area contributed by atoms with E-state index in [0.29, 0.717) is 11.8 Å². The molecule has 1 heterocycles. The molecule has 0 aliphatic heterocycles.